The van der Waals surface area contributed by atoms with Gasteiger partial charge in [0.05, 0.1) is 11.9 Å². The summed E-state index contributed by atoms with van der Waals surface area (Å²) in [5.74, 6) is -0.106. The van der Waals surface area contributed by atoms with Crippen molar-refractivity contribution < 1.29 is 4.79 Å². The van der Waals surface area contributed by atoms with Crippen molar-refractivity contribution in [1.82, 2.24) is 29.9 Å². The Morgan fingerprint density at radius 1 is 1.13 bits per heavy atom. The van der Waals surface area contributed by atoms with E-state index in [0.717, 1.165) is 45.7 Å². The number of rotatable bonds is 6. The largest absolute Gasteiger partial charge is 0.350 e. The second kappa shape index (κ2) is 8.10. The molecule has 4 rings (SSSR count). The lowest BCUT2D eigenvalue weighted by atomic mass is 10.0. The summed E-state index contributed by atoms with van der Waals surface area (Å²) in [5, 5.41) is 12.9. The smallest absolute Gasteiger partial charge is 0.242 e. The van der Waals surface area contributed by atoms with Crippen molar-refractivity contribution >= 4 is 16.9 Å². The van der Waals surface area contributed by atoms with Gasteiger partial charge >= 0.3 is 0 Å². The van der Waals surface area contributed by atoms with E-state index >= 15 is 0 Å². The van der Waals surface area contributed by atoms with Gasteiger partial charge in [0.15, 0.2) is 5.65 Å². The summed E-state index contributed by atoms with van der Waals surface area (Å²) in [4.78, 5) is 17.1. The third-order valence-electron chi connectivity index (χ3n) is 5.41. The van der Waals surface area contributed by atoms with Crippen LogP contribution in [0.4, 0.5) is 0 Å². The number of pyridine rings is 1. The highest BCUT2D eigenvalue weighted by Crippen LogP contribution is 2.30. The van der Waals surface area contributed by atoms with Crippen LogP contribution in [0.15, 0.2) is 42.7 Å². The number of carbonyl (C=O) groups excluding carboxylic acids is 1. The van der Waals surface area contributed by atoms with E-state index in [1.807, 2.05) is 43.8 Å². The van der Waals surface area contributed by atoms with Crippen LogP contribution in [-0.2, 0) is 24.4 Å². The number of hydrogen-bond donors (Lipinski definition) is 1. The molecule has 1 amide bonds. The van der Waals surface area contributed by atoms with Crippen LogP contribution in [0.1, 0.15) is 29.4 Å². The van der Waals surface area contributed by atoms with E-state index in [1.165, 1.54) is 5.56 Å². The average molecular weight is 403 g/mol. The summed E-state index contributed by atoms with van der Waals surface area (Å²) in [6.07, 6.45) is 3.58. The Labute approximate surface area is 175 Å². The lowest BCUT2D eigenvalue weighted by Gasteiger charge is -2.07. The third kappa shape index (κ3) is 3.70. The van der Waals surface area contributed by atoms with Crippen molar-refractivity contribution in [1.29, 1.82) is 0 Å². The third-order valence-corrected chi connectivity index (χ3v) is 5.41. The predicted molar refractivity (Wildman–Crippen MR) is 117 cm³/mol. The average Bonchev–Trinajstić information content (AvgIpc) is 3.25. The highest BCUT2D eigenvalue weighted by Gasteiger charge is 2.16. The Balaban J connectivity index is 1.57. The Bertz CT molecular complexity index is 1220. The normalized spacial score (nSPS) is 11.2. The van der Waals surface area contributed by atoms with Crippen molar-refractivity contribution in [2.24, 2.45) is 0 Å². The van der Waals surface area contributed by atoms with Crippen LogP contribution in [0.5, 0.6) is 0 Å². The number of fused-ring (bicyclic) bond motifs is 1. The van der Waals surface area contributed by atoms with Gasteiger partial charge in [0, 0.05) is 35.9 Å². The number of aryl methyl sites for hydroxylation is 3. The van der Waals surface area contributed by atoms with Crippen LogP contribution < -0.4 is 5.32 Å². The molecule has 0 bridgehead atoms. The van der Waals surface area contributed by atoms with Crippen LogP contribution in [0, 0.1) is 20.8 Å². The minimum Gasteiger partial charge on any atom is -0.350 e. The minimum absolute atomic E-state index is 0.106. The molecule has 0 saturated carbocycles. The fraction of sp³-hybridized carbons (Fsp3) is 0.304. The first kappa shape index (κ1) is 19.8. The van der Waals surface area contributed by atoms with Gasteiger partial charge in [0.25, 0.3) is 0 Å². The Kier molecular flexibility index (Phi) is 5.35. The molecule has 1 N–H and O–H groups in total. The molecule has 3 aromatic heterocycles. The molecule has 0 saturated heterocycles. The van der Waals surface area contributed by atoms with Crippen LogP contribution in [0.3, 0.4) is 0 Å². The molecule has 0 unspecified atom stereocenters. The quantitative estimate of drug-likeness (QED) is 0.535. The number of hydrogen-bond acceptors (Lipinski definition) is 4. The highest BCUT2D eigenvalue weighted by atomic mass is 16.2. The van der Waals surface area contributed by atoms with Gasteiger partial charge in [-0.1, -0.05) is 29.8 Å². The molecule has 0 aliphatic rings. The fourth-order valence-electron chi connectivity index (χ4n) is 3.81. The van der Waals surface area contributed by atoms with E-state index in [2.05, 4.69) is 45.6 Å². The molecule has 7 nitrogen and oxygen atoms in total. The zero-order chi connectivity index (χ0) is 21.3. The maximum Gasteiger partial charge on any atom is 0.242 e. The molecule has 3 heterocycles. The van der Waals surface area contributed by atoms with Crippen LogP contribution in [0.25, 0.3) is 22.2 Å². The van der Waals surface area contributed by atoms with E-state index in [4.69, 9.17) is 0 Å². The Hall–Kier alpha value is -3.48. The number of aromatic nitrogens is 5. The van der Waals surface area contributed by atoms with Gasteiger partial charge in [-0.3, -0.25) is 9.48 Å². The van der Waals surface area contributed by atoms with Crippen molar-refractivity contribution in [2.75, 3.05) is 0 Å². The maximum absolute atomic E-state index is 12.6. The number of nitrogens with zero attached hydrogens (tertiary/aromatic N) is 5. The van der Waals surface area contributed by atoms with Gasteiger partial charge in [0.1, 0.15) is 6.54 Å². The summed E-state index contributed by atoms with van der Waals surface area (Å²) < 4.78 is 3.60. The molecule has 0 aliphatic carbocycles. The van der Waals surface area contributed by atoms with Gasteiger partial charge in [0.2, 0.25) is 5.91 Å². The number of nitrogens with one attached hydrogen (secondary N) is 1. The highest BCUT2D eigenvalue weighted by molar-refractivity contribution is 5.95. The molecule has 0 aliphatic heterocycles. The van der Waals surface area contributed by atoms with Crippen LogP contribution in [-0.4, -0.2) is 30.5 Å². The molecule has 4 aromatic rings. The fourth-order valence-corrected chi connectivity index (χ4v) is 3.81. The predicted octanol–water partition coefficient (Wildman–Crippen LogP) is 3.56. The second-order valence-corrected chi connectivity index (χ2v) is 7.52. The van der Waals surface area contributed by atoms with Crippen molar-refractivity contribution in [2.45, 2.75) is 47.3 Å². The summed E-state index contributed by atoms with van der Waals surface area (Å²) >= 11 is 0. The van der Waals surface area contributed by atoms with E-state index in [1.54, 1.807) is 10.9 Å². The first-order chi connectivity index (χ1) is 14.5. The second-order valence-electron chi connectivity index (χ2n) is 7.52. The van der Waals surface area contributed by atoms with E-state index < -0.39 is 0 Å². The van der Waals surface area contributed by atoms with Gasteiger partial charge in [-0.2, -0.15) is 10.2 Å². The first-order valence-corrected chi connectivity index (χ1v) is 10.1. The molecule has 0 fully saturated rings. The summed E-state index contributed by atoms with van der Waals surface area (Å²) in [5.41, 5.74) is 7.07. The zero-order valence-electron chi connectivity index (χ0n) is 17.8. The maximum atomic E-state index is 12.6. The molecule has 154 valence electrons. The molecular formula is C23H26N6O. The molecule has 0 atom stereocenters. The minimum atomic E-state index is -0.106. The van der Waals surface area contributed by atoms with Crippen molar-refractivity contribution in [3.8, 4) is 11.1 Å². The van der Waals surface area contributed by atoms with Gasteiger partial charge in [-0.15, -0.1) is 0 Å². The van der Waals surface area contributed by atoms with Gasteiger partial charge in [-0.05, 0) is 44.9 Å². The molecular weight excluding hydrogens is 376 g/mol. The number of benzene rings is 1. The first-order valence-electron chi connectivity index (χ1n) is 10.1. The molecule has 30 heavy (non-hydrogen) atoms. The summed E-state index contributed by atoms with van der Waals surface area (Å²) in [6.45, 7) is 9.48. The number of carbonyl (C=O) groups is 1. The standard InChI is InChI=1S/C23H26N6O/c1-5-28-17(4)19(13-26-28)12-25-21(30)14-29-23-22(16(3)27-29)20(9-10-24-23)18-8-6-7-15(2)11-18/h6-11,13H,5,12,14H2,1-4H3,(H,25,30). The zero-order valence-corrected chi connectivity index (χ0v) is 17.8. The van der Waals surface area contributed by atoms with Gasteiger partial charge < -0.3 is 5.32 Å². The monoisotopic (exact) mass is 402 g/mol. The van der Waals surface area contributed by atoms with Crippen LogP contribution in [0.2, 0.25) is 0 Å². The lowest BCUT2D eigenvalue weighted by Crippen LogP contribution is -2.27. The topological polar surface area (TPSA) is 77.6 Å². The summed E-state index contributed by atoms with van der Waals surface area (Å²) in [6, 6.07) is 10.4. The molecule has 0 radical (unpaired) electrons. The van der Waals surface area contributed by atoms with Crippen LogP contribution >= 0.6 is 0 Å². The number of amides is 1. The Morgan fingerprint density at radius 2 is 1.97 bits per heavy atom. The van der Waals surface area contributed by atoms with Gasteiger partial charge in [-0.25, -0.2) is 9.67 Å². The lowest BCUT2D eigenvalue weighted by molar-refractivity contribution is -0.121. The summed E-state index contributed by atoms with van der Waals surface area (Å²) in [7, 11) is 0. The SMILES string of the molecule is CCn1ncc(CNC(=O)Cn2nc(C)c3c(-c4cccc(C)c4)ccnc32)c1C. The molecule has 7 heteroatoms. The molecule has 1 aromatic carbocycles. The van der Waals surface area contributed by atoms with Crippen molar-refractivity contribution in [3.05, 3.63) is 65.2 Å². The van der Waals surface area contributed by atoms with Crippen molar-refractivity contribution in [3.63, 3.8) is 0 Å². The Morgan fingerprint density at radius 3 is 2.70 bits per heavy atom. The van der Waals surface area contributed by atoms with E-state index in [-0.39, 0.29) is 12.5 Å². The van der Waals surface area contributed by atoms with E-state index in [9.17, 15) is 4.79 Å². The molecule has 0 spiro atoms. The van der Waals surface area contributed by atoms with E-state index in [0.29, 0.717) is 6.54 Å².